The monoisotopic (exact) mass is 591 g/mol. The molecule has 0 spiro atoms. The van der Waals surface area contributed by atoms with Crippen LogP contribution in [0.2, 0.25) is 5.02 Å². The standard InChI is InChI=1S/C20H18ClNO2S2.2CH3NOS.CH4.H2O/c1-3-13(2)20-19(14-8-10-15(21)11-9-14)17(12-25-20)16-6-4-5-7-18(16)26(22,23)24;2*2-1(3)4;;/h3-13H,1H2,2H3,(H2,22,23,24);2*(H3,2,3,4);1H4;1H2. The SMILES string of the molecule is C.C=CC(C)c1scc(-c2ccccc2S(N)(=O)=O)c1-c1ccc(Cl)cc1.NC(=O)S.NC(=O)S.O. The number of hydrogen-bond donors (Lipinski definition) is 5. The zero-order valence-corrected chi connectivity index (χ0v) is 22.7. The molecule has 2 aromatic carbocycles. The van der Waals surface area contributed by atoms with Gasteiger partial charge in [0.25, 0.3) is 10.5 Å². The first kappa shape index (κ1) is 35.8. The lowest BCUT2D eigenvalue weighted by molar-refractivity contribution is 0.266. The van der Waals surface area contributed by atoms with Crippen LogP contribution in [0.4, 0.5) is 9.59 Å². The van der Waals surface area contributed by atoms with Crippen LogP contribution in [0.25, 0.3) is 22.3 Å². The van der Waals surface area contributed by atoms with Crippen molar-refractivity contribution in [1.29, 1.82) is 0 Å². The minimum absolute atomic E-state index is 0. The van der Waals surface area contributed by atoms with Crippen molar-refractivity contribution in [3.05, 3.63) is 76.5 Å². The van der Waals surface area contributed by atoms with Gasteiger partial charge in [0, 0.05) is 32.5 Å². The summed E-state index contributed by atoms with van der Waals surface area (Å²) in [5, 5.41) is 6.78. The molecular formula is C23H30ClN3O5S4. The van der Waals surface area contributed by atoms with E-state index < -0.39 is 20.5 Å². The van der Waals surface area contributed by atoms with Gasteiger partial charge in [-0.05, 0) is 29.1 Å². The molecule has 1 aromatic heterocycles. The molecule has 13 heteroatoms. The Morgan fingerprint density at radius 2 is 1.50 bits per heavy atom. The van der Waals surface area contributed by atoms with E-state index in [1.54, 1.807) is 23.5 Å². The number of primary amides is 2. The van der Waals surface area contributed by atoms with Gasteiger partial charge in [0.1, 0.15) is 0 Å². The number of benzene rings is 2. The van der Waals surface area contributed by atoms with Gasteiger partial charge in [-0.25, -0.2) is 13.6 Å². The van der Waals surface area contributed by atoms with Gasteiger partial charge < -0.3 is 16.9 Å². The molecule has 0 aliphatic carbocycles. The van der Waals surface area contributed by atoms with Crippen LogP contribution >= 0.6 is 48.2 Å². The second-order valence-corrected chi connectivity index (χ2v) is 10.4. The molecular weight excluding hydrogens is 562 g/mol. The van der Waals surface area contributed by atoms with Crippen LogP contribution in [0.1, 0.15) is 25.1 Å². The molecule has 3 aromatic rings. The number of allylic oxidation sites excluding steroid dienone is 1. The molecule has 198 valence electrons. The van der Waals surface area contributed by atoms with Crippen LogP contribution in [0.5, 0.6) is 0 Å². The Kier molecular flexibility index (Phi) is 16.4. The molecule has 0 aliphatic heterocycles. The van der Waals surface area contributed by atoms with E-state index in [9.17, 15) is 8.42 Å². The summed E-state index contributed by atoms with van der Waals surface area (Å²) in [5.41, 5.74) is 12.1. The average molecular weight is 592 g/mol. The molecule has 0 fully saturated rings. The van der Waals surface area contributed by atoms with Gasteiger partial charge in [0.15, 0.2) is 0 Å². The maximum Gasteiger partial charge on any atom is 0.273 e. The van der Waals surface area contributed by atoms with Crippen LogP contribution in [-0.2, 0) is 10.0 Å². The molecule has 2 amide bonds. The summed E-state index contributed by atoms with van der Waals surface area (Å²) in [5.74, 6) is 0.126. The lowest BCUT2D eigenvalue weighted by atomic mass is 9.93. The molecule has 0 saturated carbocycles. The molecule has 8 nitrogen and oxygen atoms in total. The maximum atomic E-state index is 12.1. The number of carbonyl (C=O) groups is 2. The summed E-state index contributed by atoms with van der Waals surface area (Å²) in [6, 6.07) is 14.3. The van der Waals surface area contributed by atoms with Crippen molar-refractivity contribution < 1.29 is 23.5 Å². The van der Waals surface area contributed by atoms with E-state index >= 15 is 0 Å². The van der Waals surface area contributed by atoms with Crippen molar-refractivity contribution in [2.24, 2.45) is 16.6 Å². The van der Waals surface area contributed by atoms with Gasteiger partial charge in [-0.1, -0.05) is 87.6 Å². The highest BCUT2D eigenvalue weighted by Crippen LogP contribution is 2.44. The van der Waals surface area contributed by atoms with Crippen molar-refractivity contribution >= 4 is 68.7 Å². The Morgan fingerprint density at radius 1 is 1.03 bits per heavy atom. The predicted molar refractivity (Wildman–Crippen MR) is 158 cm³/mol. The third kappa shape index (κ3) is 11.2. The van der Waals surface area contributed by atoms with Gasteiger partial charge in [-0.3, -0.25) is 9.59 Å². The summed E-state index contributed by atoms with van der Waals surface area (Å²) in [4.78, 5) is 19.4. The highest BCUT2D eigenvalue weighted by atomic mass is 35.5. The number of halogens is 1. The quantitative estimate of drug-likeness (QED) is 0.195. The number of thiophene rings is 1. The van der Waals surface area contributed by atoms with Crippen LogP contribution in [0, 0.1) is 0 Å². The molecule has 0 bridgehead atoms. The number of amides is 2. The summed E-state index contributed by atoms with van der Waals surface area (Å²) in [6.45, 7) is 5.96. The topological polar surface area (TPSA) is 178 Å². The number of nitrogens with two attached hydrogens (primary N) is 3. The summed E-state index contributed by atoms with van der Waals surface area (Å²) >= 11 is 13.8. The minimum Gasteiger partial charge on any atom is -0.412 e. The third-order valence-electron chi connectivity index (χ3n) is 4.20. The maximum absolute atomic E-state index is 12.1. The van der Waals surface area contributed by atoms with E-state index in [0.29, 0.717) is 10.6 Å². The Balaban J connectivity index is 0. The van der Waals surface area contributed by atoms with Crippen molar-refractivity contribution in [2.45, 2.75) is 25.2 Å². The average Bonchev–Trinajstić information content (AvgIpc) is 3.17. The van der Waals surface area contributed by atoms with Gasteiger partial charge in [0.05, 0.1) is 4.90 Å². The molecule has 3 rings (SSSR count). The minimum atomic E-state index is -3.84. The molecule has 0 saturated heterocycles. The largest absolute Gasteiger partial charge is 0.412 e. The number of thiol groups is 2. The predicted octanol–water partition coefficient (Wildman–Crippen LogP) is 5.47. The van der Waals surface area contributed by atoms with Crippen LogP contribution in [-0.4, -0.2) is 24.4 Å². The molecule has 1 atom stereocenters. The smallest absolute Gasteiger partial charge is 0.273 e. The Bertz CT molecular complexity index is 1240. The van der Waals surface area contributed by atoms with Crippen LogP contribution < -0.4 is 16.6 Å². The van der Waals surface area contributed by atoms with Gasteiger partial charge in [-0.2, -0.15) is 0 Å². The number of sulfonamides is 1. The lowest BCUT2D eigenvalue weighted by Crippen LogP contribution is -2.13. The zero-order valence-electron chi connectivity index (χ0n) is 18.5. The van der Waals surface area contributed by atoms with Crippen molar-refractivity contribution in [3.63, 3.8) is 0 Å². The van der Waals surface area contributed by atoms with E-state index in [1.165, 1.54) is 6.07 Å². The molecule has 0 radical (unpaired) electrons. The summed E-state index contributed by atoms with van der Waals surface area (Å²) in [6.07, 6.45) is 1.88. The summed E-state index contributed by atoms with van der Waals surface area (Å²) in [7, 11) is -3.84. The summed E-state index contributed by atoms with van der Waals surface area (Å²) < 4.78 is 24.1. The highest BCUT2D eigenvalue weighted by Gasteiger charge is 2.22. The van der Waals surface area contributed by atoms with Crippen molar-refractivity contribution in [2.75, 3.05) is 0 Å². The molecule has 36 heavy (non-hydrogen) atoms. The van der Waals surface area contributed by atoms with Crippen molar-refractivity contribution in [1.82, 2.24) is 0 Å². The number of hydrogen-bond acceptors (Lipinski definition) is 5. The van der Waals surface area contributed by atoms with E-state index in [1.807, 2.05) is 41.8 Å². The second-order valence-electron chi connectivity index (χ2n) is 6.64. The third-order valence-corrected chi connectivity index (χ3v) is 6.61. The van der Waals surface area contributed by atoms with Crippen LogP contribution in [0.3, 0.4) is 0 Å². The normalized spacial score (nSPS) is 10.6. The fraction of sp³-hybridized carbons (Fsp3) is 0.130. The van der Waals surface area contributed by atoms with Crippen molar-refractivity contribution in [3.8, 4) is 22.3 Å². The lowest BCUT2D eigenvalue weighted by Gasteiger charge is -2.13. The molecule has 8 N–H and O–H groups in total. The Morgan fingerprint density at radius 3 is 1.94 bits per heavy atom. The molecule has 1 unspecified atom stereocenters. The van der Waals surface area contributed by atoms with E-state index in [2.05, 4.69) is 50.2 Å². The number of rotatable bonds is 5. The van der Waals surface area contributed by atoms with Gasteiger partial charge in [-0.15, -0.1) is 17.9 Å². The Hall–Kier alpha value is -2.32. The van der Waals surface area contributed by atoms with Crippen LogP contribution in [0.15, 0.2) is 71.5 Å². The fourth-order valence-electron chi connectivity index (χ4n) is 2.86. The Labute approximate surface area is 231 Å². The first-order chi connectivity index (χ1) is 15.8. The van der Waals surface area contributed by atoms with Gasteiger partial charge in [0.2, 0.25) is 10.0 Å². The number of carbonyl (C=O) groups excluding carboxylic acids is 2. The van der Waals surface area contributed by atoms with E-state index in [4.69, 9.17) is 26.3 Å². The second kappa shape index (κ2) is 16.4. The molecule has 1 heterocycles. The molecule has 0 aliphatic rings. The fourth-order valence-corrected chi connectivity index (χ4v) is 4.89. The van der Waals surface area contributed by atoms with E-state index in [0.717, 1.165) is 21.6 Å². The zero-order chi connectivity index (χ0) is 26.1. The van der Waals surface area contributed by atoms with E-state index in [-0.39, 0.29) is 23.7 Å². The first-order valence-electron chi connectivity index (χ1n) is 9.38. The van der Waals surface area contributed by atoms with Gasteiger partial charge >= 0.3 is 0 Å². The number of primary sulfonamides is 1. The highest BCUT2D eigenvalue weighted by molar-refractivity contribution is 7.96. The first-order valence-corrected chi connectivity index (χ1v) is 13.1.